The number of carbonyl (C=O) groups excluding carboxylic acids is 1. The highest BCUT2D eigenvalue weighted by Crippen LogP contribution is 2.29. The minimum atomic E-state index is -0.235. The van der Waals surface area contributed by atoms with Crippen LogP contribution in [0.5, 0.6) is 0 Å². The lowest BCUT2D eigenvalue weighted by Gasteiger charge is -2.40. The number of benzene rings is 1. The number of fused-ring (bicyclic) bond motifs is 3. The molecule has 0 aliphatic carbocycles. The normalized spacial score (nSPS) is 22.0. The number of rotatable bonds is 3. The van der Waals surface area contributed by atoms with Gasteiger partial charge in [0.2, 0.25) is 11.1 Å². The smallest absolute Gasteiger partial charge is 0.236 e. The first kappa shape index (κ1) is 17.3. The molecule has 1 amide bonds. The molecule has 1 N–H and O–H groups in total. The fraction of sp³-hybridized carbons (Fsp3) is 0.474. The Labute approximate surface area is 156 Å². The van der Waals surface area contributed by atoms with Gasteiger partial charge in [-0.25, -0.2) is 4.98 Å². The number of nitrogens with zero attached hydrogens (tertiary/aromatic N) is 4. The maximum atomic E-state index is 12.9. The summed E-state index contributed by atoms with van der Waals surface area (Å²) in [5.74, 6) is 0.162. The van der Waals surface area contributed by atoms with Gasteiger partial charge in [-0.3, -0.25) is 4.79 Å². The van der Waals surface area contributed by atoms with Crippen molar-refractivity contribution in [2.75, 3.05) is 0 Å². The van der Waals surface area contributed by atoms with Crippen LogP contribution in [0.2, 0.25) is 0 Å². The van der Waals surface area contributed by atoms with Crippen LogP contribution in [0.1, 0.15) is 40.0 Å². The van der Waals surface area contributed by atoms with Gasteiger partial charge < -0.3 is 9.88 Å². The Kier molecular flexibility index (Phi) is 4.56. The lowest BCUT2D eigenvalue weighted by Crippen LogP contribution is -2.50. The van der Waals surface area contributed by atoms with E-state index in [9.17, 15) is 4.79 Å². The van der Waals surface area contributed by atoms with E-state index in [0.29, 0.717) is 22.9 Å². The number of aromatic amines is 1. The summed E-state index contributed by atoms with van der Waals surface area (Å²) in [6.45, 7) is 6.21. The SMILES string of the molecule is C[C@@H]1CCC[C@H](C)N1C(=O)[C@@H](C)Sc1nnc2c(n1)[nH]c1ccccc12. The third-order valence-electron chi connectivity index (χ3n) is 5.18. The van der Waals surface area contributed by atoms with Gasteiger partial charge in [-0.2, -0.15) is 0 Å². The van der Waals surface area contributed by atoms with Crippen LogP contribution in [0.3, 0.4) is 0 Å². The highest BCUT2D eigenvalue weighted by Gasteiger charge is 2.32. The van der Waals surface area contributed by atoms with E-state index < -0.39 is 0 Å². The fourth-order valence-corrected chi connectivity index (χ4v) is 4.60. The average molecular weight is 369 g/mol. The Morgan fingerprint density at radius 2 is 1.96 bits per heavy atom. The van der Waals surface area contributed by atoms with Gasteiger partial charge in [0.05, 0.1) is 5.25 Å². The van der Waals surface area contributed by atoms with Crippen molar-refractivity contribution in [1.82, 2.24) is 25.1 Å². The summed E-state index contributed by atoms with van der Waals surface area (Å²) >= 11 is 1.38. The molecular formula is C19H23N5OS. The van der Waals surface area contributed by atoms with Crippen LogP contribution in [-0.4, -0.2) is 48.3 Å². The van der Waals surface area contributed by atoms with E-state index in [1.54, 1.807) is 0 Å². The molecule has 1 saturated heterocycles. The quantitative estimate of drug-likeness (QED) is 0.711. The van der Waals surface area contributed by atoms with Crippen molar-refractivity contribution in [3.63, 3.8) is 0 Å². The fourth-order valence-electron chi connectivity index (χ4n) is 3.83. The van der Waals surface area contributed by atoms with Crippen molar-refractivity contribution in [3.05, 3.63) is 24.3 Å². The Morgan fingerprint density at radius 1 is 1.23 bits per heavy atom. The van der Waals surface area contributed by atoms with E-state index in [2.05, 4.69) is 34.0 Å². The maximum Gasteiger partial charge on any atom is 0.236 e. The molecule has 4 rings (SSSR count). The summed E-state index contributed by atoms with van der Waals surface area (Å²) in [5, 5.41) is 9.89. The molecule has 0 radical (unpaired) electrons. The second-order valence-corrected chi connectivity index (χ2v) is 8.40. The molecular weight excluding hydrogens is 346 g/mol. The van der Waals surface area contributed by atoms with E-state index in [0.717, 1.165) is 29.3 Å². The third-order valence-corrected chi connectivity index (χ3v) is 6.12. The average Bonchev–Trinajstić information content (AvgIpc) is 2.99. The summed E-state index contributed by atoms with van der Waals surface area (Å²) in [6, 6.07) is 8.54. The van der Waals surface area contributed by atoms with Gasteiger partial charge in [0.1, 0.15) is 5.52 Å². The van der Waals surface area contributed by atoms with Crippen molar-refractivity contribution in [3.8, 4) is 0 Å². The molecule has 3 aromatic rings. The third kappa shape index (κ3) is 3.05. The van der Waals surface area contributed by atoms with Crippen molar-refractivity contribution in [2.24, 2.45) is 0 Å². The van der Waals surface area contributed by atoms with Gasteiger partial charge in [-0.15, -0.1) is 10.2 Å². The monoisotopic (exact) mass is 369 g/mol. The lowest BCUT2D eigenvalue weighted by molar-refractivity contribution is -0.136. The minimum absolute atomic E-state index is 0.162. The van der Waals surface area contributed by atoms with Crippen molar-refractivity contribution in [2.45, 2.75) is 62.5 Å². The zero-order valence-corrected chi connectivity index (χ0v) is 16.1. The Hall–Kier alpha value is -2.15. The number of aromatic nitrogens is 4. The molecule has 1 aliphatic rings. The molecule has 26 heavy (non-hydrogen) atoms. The van der Waals surface area contributed by atoms with Gasteiger partial charge >= 0.3 is 0 Å². The Morgan fingerprint density at radius 3 is 2.73 bits per heavy atom. The molecule has 2 aromatic heterocycles. The highest BCUT2D eigenvalue weighted by atomic mass is 32.2. The zero-order chi connectivity index (χ0) is 18.3. The van der Waals surface area contributed by atoms with Crippen LogP contribution < -0.4 is 0 Å². The summed E-state index contributed by atoms with van der Waals surface area (Å²) in [6.07, 6.45) is 3.34. The molecule has 136 valence electrons. The standard InChI is InChI=1S/C19H23N5OS/c1-11-7-6-8-12(2)24(11)18(25)13(3)26-19-21-17-16(22-23-19)14-9-4-5-10-15(14)20-17/h4-5,9-13H,6-8H2,1-3H3,(H,20,21,23)/t11-,12+,13-/m1/s1. The van der Waals surface area contributed by atoms with E-state index in [-0.39, 0.29) is 11.2 Å². The summed E-state index contributed by atoms with van der Waals surface area (Å²) in [5.41, 5.74) is 2.47. The number of nitrogens with one attached hydrogen (secondary N) is 1. The molecule has 1 fully saturated rings. The number of hydrogen-bond acceptors (Lipinski definition) is 5. The molecule has 3 atom stereocenters. The minimum Gasteiger partial charge on any atom is -0.338 e. The first-order chi connectivity index (χ1) is 12.5. The predicted molar refractivity (Wildman–Crippen MR) is 104 cm³/mol. The molecule has 1 aromatic carbocycles. The Bertz CT molecular complexity index is 945. The highest BCUT2D eigenvalue weighted by molar-refractivity contribution is 8.00. The number of para-hydroxylation sites is 1. The summed E-state index contributed by atoms with van der Waals surface area (Å²) < 4.78 is 0. The van der Waals surface area contributed by atoms with Crippen molar-refractivity contribution >= 4 is 39.7 Å². The van der Waals surface area contributed by atoms with Gasteiger partial charge in [-0.1, -0.05) is 30.0 Å². The number of amides is 1. The number of hydrogen-bond donors (Lipinski definition) is 1. The molecule has 0 spiro atoms. The van der Waals surface area contributed by atoms with Gasteiger partial charge in [-0.05, 0) is 46.1 Å². The molecule has 3 heterocycles. The van der Waals surface area contributed by atoms with Crippen LogP contribution in [-0.2, 0) is 4.79 Å². The molecule has 0 bridgehead atoms. The number of likely N-dealkylation sites (tertiary alicyclic amines) is 1. The topological polar surface area (TPSA) is 74.8 Å². The van der Waals surface area contributed by atoms with Crippen LogP contribution in [0.25, 0.3) is 22.1 Å². The van der Waals surface area contributed by atoms with Crippen molar-refractivity contribution < 1.29 is 4.79 Å². The Balaban J connectivity index is 1.56. The first-order valence-electron chi connectivity index (χ1n) is 9.14. The molecule has 7 heteroatoms. The second kappa shape index (κ2) is 6.87. The van der Waals surface area contributed by atoms with Crippen molar-refractivity contribution in [1.29, 1.82) is 0 Å². The summed E-state index contributed by atoms with van der Waals surface area (Å²) in [4.78, 5) is 22.8. The largest absolute Gasteiger partial charge is 0.338 e. The van der Waals surface area contributed by atoms with E-state index in [1.165, 1.54) is 18.2 Å². The number of thioether (sulfide) groups is 1. The predicted octanol–water partition coefficient (Wildman–Crippen LogP) is 3.78. The van der Waals surface area contributed by atoms with Gasteiger partial charge in [0.15, 0.2) is 5.65 Å². The number of carbonyl (C=O) groups is 1. The van der Waals surface area contributed by atoms with Gasteiger partial charge in [0, 0.05) is 23.0 Å². The van der Waals surface area contributed by atoms with Crippen LogP contribution in [0.15, 0.2) is 29.4 Å². The number of H-pyrrole nitrogens is 1. The van der Waals surface area contributed by atoms with E-state index >= 15 is 0 Å². The first-order valence-corrected chi connectivity index (χ1v) is 10.0. The number of piperidine rings is 1. The zero-order valence-electron chi connectivity index (χ0n) is 15.3. The maximum absolute atomic E-state index is 12.9. The van der Waals surface area contributed by atoms with Crippen LogP contribution >= 0.6 is 11.8 Å². The van der Waals surface area contributed by atoms with Gasteiger partial charge in [0.25, 0.3) is 0 Å². The van der Waals surface area contributed by atoms with Crippen LogP contribution in [0.4, 0.5) is 0 Å². The molecule has 1 aliphatic heterocycles. The molecule has 0 saturated carbocycles. The molecule has 6 nitrogen and oxygen atoms in total. The van der Waals surface area contributed by atoms with E-state index in [1.807, 2.05) is 36.1 Å². The molecule has 0 unspecified atom stereocenters. The second-order valence-electron chi connectivity index (χ2n) is 7.10. The van der Waals surface area contributed by atoms with E-state index in [4.69, 9.17) is 0 Å². The summed E-state index contributed by atoms with van der Waals surface area (Å²) in [7, 11) is 0. The van der Waals surface area contributed by atoms with Crippen LogP contribution in [0, 0.1) is 0 Å². The lowest BCUT2D eigenvalue weighted by atomic mass is 9.97.